The molecule has 0 amide bonds. The molecule has 142 valence electrons. The van der Waals surface area contributed by atoms with Crippen LogP contribution in [0.15, 0.2) is 63.9 Å². The van der Waals surface area contributed by atoms with E-state index in [1.54, 1.807) is 32.1 Å². The molecular weight excluding hydrogens is 356 g/mol. The fourth-order valence-electron chi connectivity index (χ4n) is 2.85. The van der Waals surface area contributed by atoms with E-state index in [0.717, 1.165) is 5.57 Å². The lowest BCUT2D eigenvalue weighted by Crippen LogP contribution is -2.04. The van der Waals surface area contributed by atoms with Crippen molar-refractivity contribution in [2.45, 2.75) is 13.8 Å². The van der Waals surface area contributed by atoms with Gasteiger partial charge >= 0.3 is 0 Å². The largest absolute Gasteiger partial charge is 0.508 e. The van der Waals surface area contributed by atoms with Crippen LogP contribution in [-0.2, 0) is 0 Å². The van der Waals surface area contributed by atoms with E-state index in [9.17, 15) is 20.1 Å². The first-order valence-electron chi connectivity index (χ1n) is 8.55. The lowest BCUT2D eigenvalue weighted by molar-refractivity contribution is 0.449. The molecule has 0 saturated heterocycles. The van der Waals surface area contributed by atoms with E-state index in [-0.39, 0.29) is 44.6 Å². The molecule has 5 heteroatoms. The van der Waals surface area contributed by atoms with E-state index < -0.39 is 11.2 Å². The number of aromatic hydroxyl groups is 3. The van der Waals surface area contributed by atoms with E-state index in [2.05, 4.69) is 13.2 Å². The van der Waals surface area contributed by atoms with Gasteiger partial charge in [0.15, 0.2) is 5.58 Å². The molecule has 0 fully saturated rings. The summed E-state index contributed by atoms with van der Waals surface area (Å²) in [7, 11) is 0. The molecule has 28 heavy (non-hydrogen) atoms. The number of fused-ring (bicyclic) bond motifs is 2. The van der Waals surface area contributed by atoms with Crippen molar-refractivity contribution in [1.29, 1.82) is 0 Å². The minimum atomic E-state index is -0.514. The molecule has 0 unspecified atom stereocenters. The molecule has 1 heterocycles. The third-order valence-electron chi connectivity index (χ3n) is 4.19. The van der Waals surface area contributed by atoms with Crippen LogP contribution in [0.3, 0.4) is 0 Å². The SMILES string of the molecule is C=C(C)C=Cc1c(O)c(C=CC(=C)C)c2oc3ccc(O)cc3c(=O)c2c1O. The molecule has 0 aliphatic heterocycles. The Kier molecular flexibility index (Phi) is 4.84. The maximum absolute atomic E-state index is 13.1. The maximum Gasteiger partial charge on any atom is 0.204 e. The van der Waals surface area contributed by atoms with Gasteiger partial charge in [0.25, 0.3) is 0 Å². The van der Waals surface area contributed by atoms with E-state index in [1.807, 2.05) is 0 Å². The summed E-state index contributed by atoms with van der Waals surface area (Å²) in [5.74, 6) is -0.736. The van der Waals surface area contributed by atoms with Crippen LogP contribution in [0.1, 0.15) is 25.0 Å². The van der Waals surface area contributed by atoms with Gasteiger partial charge in [0.05, 0.1) is 16.5 Å². The van der Waals surface area contributed by atoms with Gasteiger partial charge in [-0.25, -0.2) is 0 Å². The Morgan fingerprint density at radius 3 is 2.18 bits per heavy atom. The minimum Gasteiger partial charge on any atom is -0.508 e. The molecule has 5 nitrogen and oxygen atoms in total. The third-order valence-corrected chi connectivity index (χ3v) is 4.19. The van der Waals surface area contributed by atoms with E-state index >= 15 is 0 Å². The highest BCUT2D eigenvalue weighted by Gasteiger charge is 2.22. The average molecular weight is 376 g/mol. The Morgan fingerprint density at radius 2 is 1.57 bits per heavy atom. The summed E-state index contributed by atoms with van der Waals surface area (Å²) in [6.45, 7) is 11.1. The van der Waals surface area contributed by atoms with Crippen LogP contribution < -0.4 is 5.43 Å². The number of phenols is 3. The first-order chi connectivity index (χ1) is 13.2. The Balaban J connectivity index is 2.55. The number of phenolic OH excluding ortho intramolecular Hbond substituents is 3. The summed E-state index contributed by atoms with van der Waals surface area (Å²) in [6.07, 6.45) is 6.34. The third kappa shape index (κ3) is 3.30. The smallest absolute Gasteiger partial charge is 0.204 e. The van der Waals surface area contributed by atoms with Gasteiger partial charge in [0, 0.05) is 0 Å². The molecule has 3 N–H and O–H groups in total. The molecule has 0 radical (unpaired) electrons. The second kappa shape index (κ2) is 7.12. The highest BCUT2D eigenvalue weighted by molar-refractivity contribution is 6.01. The molecule has 3 aromatic rings. The zero-order chi connectivity index (χ0) is 20.6. The van der Waals surface area contributed by atoms with Crippen LogP contribution in [0.5, 0.6) is 17.2 Å². The van der Waals surface area contributed by atoms with E-state index in [4.69, 9.17) is 4.42 Å². The first kappa shape index (κ1) is 19.0. The normalized spacial score (nSPS) is 11.8. The van der Waals surface area contributed by atoms with Crippen LogP contribution in [0.4, 0.5) is 0 Å². The monoisotopic (exact) mass is 376 g/mol. The van der Waals surface area contributed by atoms with Gasteiger partial charge < -0.3 is 19.7 Å². The highest BCUT2D eigenvalue weighted by atomic mass is 16.3. The van der Waals surface area contributed by atoms with Gasteiger partial charge in [-0.15, -0.1) is 0 Å². The Bertz CT molecular complexity index is 1260. The van der Waals surface area contributed by atoms with Crippen molar-refractivity contribution >= 4 is 34.1 Å². The fraction of sp³-hybridized carbons (Fsp3) is 0.0870. The molecular formula is C23H20O5. The zero-order valence-corrected chi connectivity index (χ0v) is 15.6. The van der Waals surface area contributed by atoms with Gasteiger partial charge in [-0.2, -0.15) is 0 Å². The molecule has 0 atom stereocenters. The number of rotatable bonds is 4. The van der Waals surface area contributed by atoms with Crippen LogP contribution >= 0.6 is 0 Å². The molecule has 1 aromatic heterocycles. The van der Waals surface area contributed by atoms with Crippen molar-refractivity contribution in [3.8, 4) is 17.2 Å². The summed E-state index contributed by atoms with van der Waals surface area (Å²) >= 11 is 0. The summed E-state index contributed by atoms with van der Waals surface area (Å²) in [5.41, 5.74) is 1.50. The van der Waals surface area contributed by atoms with Crippen molar-refractivity contribution in [3.05, 3.63) is 76.0 Å². The number of benzene rings is 2. The van der Waals surface area contributed by atoms with Crippen molar-refractivity contribution in [2.24, 2.45) is 0 Å². The van der Waals surface area contributed by atoms with E-state index in [0.29, 0.717) is 5.57 Å². The van der Waals surface area contributed by atoms with Crippen LogP contribution in [0.25, 0.3) is 34.1 Å². The quantitative estimate of drug-likeness (QED) is 0.428. The standard InChI is InChI=1S/C23H20O5/c1-12(2)5-8-15-20(25)16(9-6-13(3)4)23-19(21(15)26)22(27)17-11-14(24)7-10-18(17)28-23/h5-11,24-26H,1,3H2,2,4H3. The van der Waals surface area contributed by atoms with Crippen LogP contribution in [-0.4, -0.2) is 15.3 Å². The van der Waals surface area contributed by atoms with Crippen LogP contribution in [0, 0.1) is 0 Å². The van der Waals surface area contributed by atoms with Crippen molar-refractivity contribution in [1.82, 2.24) is 0 Å². The Morgan fingerprint density at radius 1 is 0.964 bits per heavy atom. The van der Waals surface area contributed by atoms with Crippen molar-refractivity contribution < 1.29 is 19.7 Å². The summed E-state index contributed by atoms with van der Waals surface area (Å²) in [6, 6.07) is 4.13. The molecule has 0 spiro atoms. The van der Waals surface area contributed by atoms with Gasteiger partial charge in [-0.3, -0.25) is 4.79 Å². The predicted octanol–water partition coefficient (Wildman–Crippen LogP) is 5.24. The number of hydrogen-bond donors (Lipinski definition) is 3. The topological polar surface area (TPSA) is 90.9 Å². The van der Waals surface area contributed by atoms with Crippen molar-refractivity contribution in [3.63, 3.8) is 0 Å². The average Bonchev–Trinajstić information content (AvgIpc) is 2.61. The number of allylic oxidation sites excluding steroid dienone is 4. The van der Waals surface area contributed by atoms with Gasteiger partial charge in [-0.1, -0.05) is 36.5 Å². The van der Waals surface area contributed by atoms with E-state index in [1.165, 1.54) is 24.3 Å². The number of hydrogen-bond acceptors (Lipinski definition) is 5. The maximum atomic E-state index is 13.1. The lowest BCUT2D eigenvalue weighted by atomic mass is 9.99. The second-order valence-corrected chi connectivity index (χ2v) is 6.70. The molecule has 2 aromatic carbocycles. The Labute approximate surface area is 161 Å². The van der Waals surface area contributed by atoms with Gasteiger partial charge in [0.2, 0.25) is 5.43 Å². The second-order valence-electron chi connectivity index (χ2n) is 6.70. The summed E-state index contributed by atoms with van der Waals surface area (Å²) < 4.78 is 5.83. The first-order valence-corrected chi connectivity index (χ1v) is 8.55. The molecule has 3 rings (SSSR count). The Hall–Kier alpha value is -3.73. The molecule has 0 aliphatic carbocycles. The zero-order valence-electron chi connectivity index (χ0n) is 15.6. The van der Waals surface area contributed by atoms with Crippen LogP contribution in [0.2, 0.25) is 0 Å². The lowest BCUT2D eigenvalue weighted by Gasteiger charge is -2.12. The van der Waals surface area contributed by atoms with Gasteiger partial charge in [0.1, 0.15) is 28.2 Å². The van der Waals surface area contributed by atoms with Gasteiger partial charge in [-0.05, 0) is 44.2 Å². The predicted molar refractivity (Wildman–Crippen MR) is 113 cm³/mol. The highest BCUT2D eigenvalue weighted by Crippen LogP contribution is 2.41. The molecule has 0 bridgehead atoms. The minimum absolute atomic E-state index is 0.0446. The molecule has 0 saturated carbocycles. The molecule has 0 aliphatic rings. The fourth-order valence-corrected chi connectivity index (χ4v) is 2.85. The summed E-state index contributed by atoms with van der Waals surface area (Å²) in [5, 5.41) is 31.3. The summed E-state index contributed by atoms with van der Waals surface area (Å²) in [4.78, 5) is 13.1. The van der Waals surface area contributed by atoms with Crippen molar-refractivity contribution in [2.75, 3.05) is 0 Å².